The average molecular weight is 576 g/mol. The van der Waals surface area contributed by atoms with Crippen LogP contribution in [0.3, 0.4) is 0 Å². The first-order valence-corrected chi connectivity index (χ1v) is 15.2. The van der Waals surface area contributed by atoms with Crippen LogP contribution < -0.4 is 22.2 Å². The molecule has 0 spiro atoms. The molecule has 0 amide bonds. The van der Waals surface area contributed by atoms with E-state index < -0.39 is 0 Å². The summed E-state index contributed by atoms with van der Waals surface area (Å²) in [5.41, 5.74) is 9.86. The quantitative estimate of drug-likeness (QED) is 0.210. The van der Waals surface area contributed by atoms with Gasteiger partial charge in [-0.1, -0.05) is 63.5 Å². The van der Waals surface area contributed by atoms with Gasteiger partial charge in [-0.15, -0.1) is 0 Å². The smallest absolute Gasteiger partial charge is 0.199 e. The van der Waals surface area contributed by atoms with Crippen LogP contribution in [0, 0.1) is 6.92 Å². The summed E-state index contributed by atoms with van der Waals surface area (Å²) in [6, 6.07) is 26.6. The molecule has 0 aliphatic heterocycles. The van der Waals surface area contributed by atoms with Crippen LogP contribution in [0.4, 0.5) is 11.4 Å². The van der Waals surface area contributed by atoms with Gasteiger partial charge in [-0.25, -0.2) is 4.58 Å². The van der Waals surface area contributed by atoms with Crippen molar-refractivity contribution in [3.05, 3.63) is 119 Å². The first kappa shape index (κ1) is 30.7. The molecular formula is C33H38ClN3S2. The summed E-state index contributed by atoms with van der Waals surface area (Å²) in [5, 5.41) is 0. The van der Waals surface area contributed by atoms with Crippen LogP contribution >= 0.6 is 21.6 Å². The Morgan fingerprint density at radius 1 is 0.718 bits per heavy atom. The highest BCUT2D eigenvalue weighted by molar-refractivity contribution is 8.76. The van der Waals surface area contributed by atoms with Gasteiger partial charge in [0, 0.05) is 61.9 Å². The third kappa shape index (κ3) is 8.31. The van der Waals surface area contributed by atoms with E-state index in [9.17, 15) is 0 Å². The Balaban J connectivity index is 0.00000420. The molecule has 3 nitrogen and oxygen atoms in total. The largest absolute Gasteiger partial charge is 1.00 e. The Morgan fingerprint density at radius 3 is 1.77 bits per heavy atom. The van der Waals surface area contributed by atoms with Crippen molar-refractivity contribution in [3.8, 4) is 0 Å². The fraction of sp³-hybridized carbons (Fsp3) is 0.242. The van der Waals surface area contributed by atoms with Crippen LogP contribution in [0.5, 0.6) is 0 Å². The topological polar surface area (TPSA) is 9.49 Å². The second-order valence-corrected chi connectivity index (χ2v) is 12.4. The van der Waals surface area contributed by atoms with E-state index >= 15 is 0 Å². The van der Waals surface area contributed by atoms with Gasteiger partial charge < -0.3 is 22.2 Å². The molecule has 0 unspecified atom stereocenters. The fourth-order valence-corrected chi connectivity index (χ4v) is 6.27. The van der Waals surface area contributed by atoms with Crippen molar-refractivity contribution in [2.75, 3.05) is 57.3 Å². The molecule has 0 fully saturated rings. The predicted octanol–water partition coefficient (Wildman–Crippen LogP) is 4.58. The fourth-order valence-electron chi connectivity index (χ4n) is 4.24. The molecule has 4 rings (SSSR count). The Labute approximate surface area is 248 Å². The minimum atomic E-state index is 0. The molecule has 0 aromatic heterocycles. The highest BCUT2D eigenvalue weighted by Gasteiger charge is 2.14. The predicted molar refractivity (Wildman–Crippen MR) is 171 cm³/mol. The Kier molecular flexibility index (Phi) is 11.4. The third-order valence-electron chi connectivity index (χ3n) is 6.63. The summed E-state index contributed by atoms with van der Waals surface area (Å²) < 4.78 is 2.14. The average Bonchev–Trinajstić information content (AvgIpc) is 2.93. The van der Waals surface area contributed by atoms with E-state index in [2.05, 4.69) is 154 Å². The van der Waals surface area contributed by atoms with Gasteiger partial charge >= 0.3 is 0 Å². The van der Waals surface area contributed by atoms with Crippen molar-refractivity contribution < 1.29 is 17.0 Å². The molecule has 1 aliphatic rings. The molecule has 0 saturated carbocycles. The van der Waals surface area contributed by atoms with Gasteiger partial charge in [-0.3, -0.25) is 0 Å². The van der Waals surface area contributed by atoms with Crippen LogP contribution in [0.2, 0.25) is 0 Å². The van der Waals surface area contributed by atoms with Crippen molar-refractivity contribution >= 4 is 44.2 Å². The lowest BCUT2D eigenvalue weighted by Crippen LogP contribution is -3.00. The minimum Gasteiger partial charge on any atom is -1.00 e. The van der Waals surface area contributed by atoms with Crippen molar-refractivity contribution in [2.45, 2.75) is 11.8 Å². The van der Waals surface area contributed by atoms with Gasteiger partial charge in [0.1, 0.15) is 14.1 Å². The van der Waals surface area contributed by atoms with Crippen molar-refractivity contribution in [1.29, 1.82) is 0 Å². The van der Waals surface area contributed by atoms with Crippen molar-refractivity contribution in [2.24, 2.45) is 0 Å². The highest BCUT2D eigenvalue weighted by atomic mass is 35.5. The minimum absolute atomic E-state index is 0. The van der Waals surface area contributed by atoms with Crippen LogP contribution in [0.1, 0.15) is 16.7 Å². The molecule has 0 N–H and O–H groups in total. The summed E-state index contributed by atoms with van der Waals surface area (Å²) in [5.74, 6) is 1.06. The molecule has 0 heterocycles. The Hall–Kier alpha value is -2.86. The summed E-state index contributed by atoms with van der Waals surface area (Å²) in [6.45, 7) is 3.13. The number of aryl methyl sites for hydroxylation is 1. The zero-order valence-electron chi connectivity index (χ0n) is 23.7. The van der Waals surface area contributed by atoms with Gasteiger partial charge in [0.05, 0.1) is 0 Å². The van der Waals surface area contributed by atoms with Crippen LogP contribution in [-0.2, 0) is 0 Å². The lowest BCUT2D eigenvalue weighted by Gasteiger charge is -2.20. The van der Waals surface area contributed by atoms with Gasteiger partial charge in [0.15, 0.2) is 5.71 Å². The first-order chi connectivity index (χ1) is 18.3. The lowest BCUT2D eigenvalue weighted by molar-refractivity contribution is -0.462. The van der Waals surface area contributed by atoms with E-state index in [4.69, 9.17) is 0 Å². The van der Waals surface area contributed by atoms with E-state index in [0.717, 1.165) is 12.3 Å². The van der Waals surface area contributed by atoms with Crippen molar-refractivity contribution in [3.63, 3.8) is 0 Å². The standard InChI is InChI=1S/C33H38N3S2.ClH/c1-25-7-21-32(22-8-25)38-37-24-23-36(6)31-19-13-28(14-20-31)33(26-9-15-29(16-10-26)34(2)3)27-11-17-30(18-12-27)35(4)5;/h7-22H,23-24H2,1-6H3;1H/q+1;/p-1. The Morgan fingerprint density at radius 2 is 1.26 bits per heavy atom. The molecule has 3 aromatic rings. The molecular weight excluding hydrogens is 538 g/mol. The number of nitrogens with zero attached hydrogens (tertiary/aromatic N) is 3. The van der Waals surface area contributed by atoms with Crippen molar-refractivity contribution in [1.82, 2.24) is 0 Å². The highest BCUT2D eigenvalue weighted by Crippen LogP contribution is 2.33. The third-order valence-corrected chi connectivity index (χ3v) is 8.99. The number of allylic oxidation sites excluding steroid dienone is 5. The maximum atomic E-state index is 2.34. The maximum absolute atomic E-state index is 2.34. The van der Waals surface area contributed by atoms with E-state index in [1.807, 2.05) is 21.6 Å². The summed E-state index contributed by atoms with van der Waals surface area (Å²) in [4.78, 5) is 5.79. The van der Waals surface area contributed by atoms with E-state index in [1.54, 1.807) is 0 Å². The number of halogens is 1. The molecule has 0 bridgehead atoms. The molecule has 0 saturated heterocycles. The number of hydrogen-bond donors (Lipinski definition) is 0. The SMILES string of the molecule is Cc1ccc(SSCCN(C)c2ccc(C(=C3C=CC(=[N+](C)C)C=C3)c3ccc(N(C)C)cc3)cc2)cc1.[Cl-]. The second-order valence-electron chi connectivity index (χ2n) is 9.94. The zero-order chi connectivity index (χ0) is 27.1. The van der Waals surface area contributed by atoms with E-state index in [0.29, 0.717) is 0 Å². The molecule has 0 atom stereocenters. The number of hydrogen-bond acceptors (Lipinski definition) is 4. The molecule has 1 aliphatic carbocycles. The van der Waals surface area contributed by atoms with Crippen LogP contribution in [0.25, 0.3) is 5.57 Å². The Bertz CT molecular complexity index is 1330. The lowest BCUT2D eigenvalue weighted by atomic mass is 9.90. The number of rotatable bonds is 9. The molecule has 204 valence electrons. The van der Waals surface area contributed by atoms with E-state index in [1.165, 1.54) is 49.8 Å². The number of anilines is 2. The van der Waals surface area contributed by atoms with Gasteiger partial charge in [-0.05, 0) is 77.7 Å². The van der Waals surface area contributed by atoms with Crippen LogP contribution in [0.15, 0.2) is 108 Å². The number of benzene rings is 3. The summed E-state index contributed by atoms with van der Waals surface area (Å²) in [7, 11) is 14.3. The molecule has 0 radical (unpaired) electrons. The van der Waals surface area contributed by atoms with Gasteiger partial charge in [0.25, 0.3) is 0 Å². The van der Waals surface area contributed by atoms with Crippen LogP contribution in [-0.4, -0.2) is 57.8 Å². The second kappa shape index (κ2) is 14.5. The molecule has 6 heteroatoms. The maximum Gasteiger partial charge on any atom is 0.199 e. The molecule has 3 aromatic carbocycles. The summed E-state index contributed by atoms with van der Waals surface area (Å²) in [6.07, 6.45) is 8.84. The first-order valence-electron chi connectivity index (χ1n) is 12.9. The molecule has 39 heavy (non-hydrogen) atoms. The normalized spacial score (nSPS) is 12.3. The van der Waals surface area contributed by atoms with Gasteiger partial charge in [-0.2, -0.15) is 0 Å². The summed E-state index contributed by atoms with van der Waals surface area (Å²) >= 11 is 0. The zero-order valence-corrected chi connectivity index (χ0v) is 26.1. The van der Waals surface area contributed by atoms with E-state index in [-0.39, 0.29) is 12.4 Å². The monoisotopic (exact) mass is 575 g/mol. The van der Waals surface area contributed by atoms with Gasteiger partial charge in [0.2, 0.25) is 0 Å².